The Morgan fingerprint density at radius 2 is 1.89 bits per heavy atom. The first-order valence-corrected chi connectivity index (χ1v) is 7.96. The summed E-state index contributed by atoms with van der Waals surface area (Å²) in [5.74, 6) is 0.789. The quantitative estimate of drug-likeness (QED) is 0.732. The van der Waals surface area contributed by atoms with Crippen molar-refractivity contribution in [2.24, 2.45) is 5.92 Å². The molecule has 110 valence electrons. The average Bonchev–Trinajstić information content (AvgIpc) is 3.02. The topological polar surface area (TPSA) is 44.4 Å². The van der Waals surface area contributed by atoms with Gasteiger partial charge in [-0.25, -0.2) is 0 Å². The molecule has 1 heterocycles. The first-order valence-electron chi connectivity index (χ1n) is 7.96. The molecule has 0 spiro atoms. The Morgan fingerprint density at radius 3 is 2.58 bits per heavy atom. The van der Waals surface area contributed by atoms with Gasteiger partial charge < -0.3 is 15.5 Å². The standard InChI is InChI=1S/C15H29N3O/c1-13(12-18-8-4-5-9-18)10-16-11-15(19)17-14-6-2-3-7-14/h13-14,16H,2-12H2,1H3,(H,17,19). The van der Waals surface area contributed by atoms with Gasteiger partial charge in [0.1, 0.15) is 0 Å². The number of nitrogens with one attached hydrogen (secondary N) is 2. The van der Waals surface area contributed by atoms with E-state index in [0.29, 0.717) is 18.5 Å². The number of amides is 1. The third-order valence-corrected chi connectivity index (χ3v) is 4.27. The van der Waals surface area contributed by atoms with Gasteiger partial charge in [0, 0.05) is 12.6 Å². The van der Waals surface area contributed by atoms with Gasteiger partial charge in [0.2, 0.25) is 5.91 Å². The molecule has 1 amide bonds. The van der Waals surface area contributed by atoms with Crippen LogP contribution in [0.15, 0.2) is 0 Å². The van der Waals surface area contributed by atoms with Gasteiger partial charge in [0.05, 0.1) is 6.54 Å². The van der Waals surface area contributed by atoms with Crippen LogP contribution in [0.3, 0.4) is 0 Å². The van der Waals surface area contributed by atoms with Crippen molar-refractivity contribution >= 4 is 5.91 Å². The summed E-state index contributed by atoms with van der Waals surface area (Å²) < 4.78 is 0. The van der Waals surface area contributed by atoms with Gasteiger partial charge in [0.15, 0.2) is 0 Å². The molecule has 1 saturated carbocycles. The smallest absolute Gasteiger partial charge is 0.234 e. The molecule has 0 radical (unpaired) electrons. The largest absolute Gasteiger partial charge is 0.352 e. The summed E-state index contributed by atoms with van der Waals surface area (Å²) in [6.45, 7) is 7.35. The number of hydrogen-bond acceptors (Lipinski definition) is 3. The SMILES string of the molecule is CC(CNCC(=O)NC1CCCC1)CN1CCCC1. The van der Waals surface area contributed by atoms with Crippen molar-refractivity contribution in [2.75, 3.05) is 32.7 Å². The molecule has 0 bridgehead atoms. The average molecular weight is 267 g/mol. The lowest BCUT2D eigenvalue weighted by molar-refractivity contribution is -0.120. The highest BCUT2D eigenvalue weighted by atomic mass is 16.1. The van der Waals surface area contributed by atoms with Crippen LogP contribution in [-0.2, 0) is 4.79 Å². The Bertz CT molecular complexity index is 271. The van der Waals surface area contributed by atoms with E-state index < -0.39 is 0 Å². The third kappa shape index (κ3) is 5.49. The van der Waals surface area contributed by atoms with Crippen LogP contribution in [0.1, 0.15) is 45.4 Å². The molecular formula is C15H29N3O. The van der Waals surface area contributed by atoms with Gasteiger partial charge in [-0.3, -0.25) is 4.79 Å². The summed E-state index contributed by atoms with van der Waals surface area (Å²) in [6, 6.07) is 0.441. The van der Waals surface area contributed by atoms with Crippen LogP contribution in [0, 0.1) is 5.92 Å². The zero-order valence-electron chi connectivity index (χ0n) is 12.3. The summed E-state index contributed by atoms with van der Waals surface area (Å²) in [4.78, 5) is 14.3. The predicted molar refractivity (Wildman–Crippen MR) is 78.1 cm³/mol. The lowest BCUT2D eigenvalue weighted by Gasteiger charge is -2.20. The van der Waals surface area contributed by atoms with Crippen molar-refractivity contribution < 1.29 is 4.79 Å². The monoisotopic (exact) mass is 267 g/mol. The maximum absolute atomic E-state index is 11.7. The van der Waals surface area contributed by atoms with Crippen LogP contribution in [0.25, 0.3) is 0 Å². The van der Waals surface area contributed by atoms with Crippen molar-refractivity contribution in [1.82, 2.24) is 15.5 Å². The van der Waals surface area contributed by atoms with Crippen molar-refractivity contribution in [3.63, 3.8) is 0 Å². The number of hydrogen-bond donors (Lipinski definition) is 2. The first-order chi connectivity index (χ1) is 9.24. The summed E-state index contributed by atoms with van der Waals surface area (Å²) in [6.07, 6.45) is 7.57. The third-order valence-electron chi connectivity index (χ3n) is 4.27. The minimum Gasteiger partial charge on any atom is -0.352 e. The van der Waals surface area contributed by atoms with Crippen molar-refractivity contribution in [2.45, 2.75) is 51.5 Å². The molecule has 2 fully saturated rings. The number of carbonyl (C=O) groups excluding carboxylic acids is 1. The van der Waals surface area contributed by atoms with Gasteiger partial charge in [-0.05, 0) is 51.2 Å². The molecule has 2 rings (SSSR count). The van der Waals surface area contributed by atoms with Crippen LogP contribution in [0.2, 0.25) is 0 Å². The molecule has 1 aliphatic heterocycles. The first kappa shape index (κ1) is 14.8. The van der Waals surface area contributed by atoms with Gasteiger partial charge in [-0.1, -0.05) is 19.8 Å². The van der Waals surface area contributed by atoms with Gasteiger partial charge in [0.25, 0.3) is 0 Å². The van der Waals surface area contributed by atoms with E-state index in [1.54, 1.807) is 0 Å². The molecule has 0 aromatic rings. The van der Waals surface area contributed by atoms with Crippen molar-refractivity contribution in [3.05, 3.63) is 0 Å². The summed E-state index contributed by atoms with van der Waals surface area (Å²) in [5.41, 5.74) is 0. The van der Waals surface area contributed by atoms with Crippen LogP contribution < -0.4 is 10.6 Å². The van der Waals surface area contributed by atoms with Crippen LogP contribution in [0.5, 0.6) is 0 Å². The number of likely N-dealkylation sites (tertiary alicyclic amines) is 1. The zero-order chi connectivity index (χ0) is 13.5. The second-order valence-corrected chi connectivity index (χ2v) is 6.29. The van der Waals surface area contributed by atoms with E-state index in [1.807, 2.05) is 0 Å². The maximum Gasteiger partial charge on any atom is 0.234 e. The van der Waals surface area contributed by atoms with Crippen LogP contribution in [-0.4, -0.2) is 49.6 Å². The molecule has 2 aliphatic rings. The highest BCUT2D eigenvalue weighted by molar-refractivity contribution is 5.78. The Hall–Kier alpha value is -0.610. The minimum atomic E-state index is 0.167. The van der Waals surface area contributed by atoms with Crippen LogP contribution >= 0.6 is 0 Å². The van der Waals surface area contributed by atoms with Crippen molar-refractivity contribution in [1.29, 1.82) is 0 Å². The number of rotatable bonds is 7. The fourth-order valence-corrected chi connectivity index (χ4v) is 3.25. The Morgan fingerprint density at radius 1 is 1.21 bits per heavy atom. The molecular weight excluding hydrogens is 238 g/mol. The highest BCUT2D eigenvalue weighted by Crippen LogP contribution is 2.17. The Kier molecular flexibility index (Phi) is 6.11. The Labute approximate surface area is 117 Å². The molecule has 4 nitrogen and oxygen atoms in total. The molecule has 0 aromatic heterocycles. The van der Waals surface area contributed by atoms with E-state index in [4.69, 9.17) is 0 Å². The lowest BCUT2D eigenvalue weighted by Crippen LogP contribution is -2.41. The fourth-order valence-electron chi connectivity index (χ4n) is 3.25. The summed E-state index contributed by atoms with van der Waals surface area (Å²) in [5, 5.41) is 6.41. The highest BCUT2D eigenvalue weighted by Gasteiger charge is 2.17. The van der Waals surface area contributed by atoms with Crippen molar-refractivity contribution in [3.8, 4) is 0 Å². The van der Waals surface area contributed by atoms with Gasteiger partial charge in [-0.2, -0.15) is 0 Å². The minimum absolute atomic E-state index is 0.167. The molecule has 1 unspecified atom stereocenters. The molecule has 1 aliphatic carbocycles. The van der Waals surface area contributed by atoms with E-state index >= 15 is 0 Å². The molecule has 19 heavy (non-hydrogen) atoms. The zero-order valence-corrected chi connectivity index (χ0v) is 12.3. The molecule has 2 N–H and O–H groups in total. The molecule has 1 atom stereocenters. The number of carbonyl (C=O) groups is 1. The fraction of sp³-hybridized carbons (Fsp3) is 0.933. The van der Waals surface area contributed by atoms with E-state index in [2.05, 4.69) is 22.5 Å². The van der Waals surface area contributed by atoms with E-state index in [1.165, 1.54) is 38.8 Å². The second-order valence-electron chi connectivity index (χ2n) is 6.29. The second kappa shape index (κ2) is 7.85. The molecule has 0 aromatic carbocycles. The summed E-state index contributed by atoms with van der Waals surface area (Å²) >= 11 is 0. The van der Waals surface area contributed by atoms with Gasteiger partial charge >= 0.3 is 0 Å². The number of nitrogens with zero attached hydrogens (tertiary/aromatic N) is 1. The summed E-state index contributed by atoms with van der Waals surface area (Å²) in [7, 11) is 0. The van der Waals surface area contributed by atoms with Gasteiger partial charge in [-0.15, -0.1) is 0 Å². The van der Waals surface area contributed by atoms with Crippen LogP contribution in [0.4, 0.5) is 0 Å². The van der Waals surface area contributed by atoms with E-state index in [-0.39, 0.29) is 5.91 Å². The molecule has 1 saturated heterocycles. The van der Waals surface area contributed by atoms with E-state index in [0.717, 1.165) is 25.9 Å². The Balaban J connectivity index is 1.51. The predicted octanol–water partition coefficient (Wildman–Crippen LogP) is 1.37. The van der Waals surface area contributed by atoms with E-state index in [9.17, 15) is 4.79 Å². The maximum atomic E-state index is 11.7. The normalized spacial score (nSPS) is 22.8. The molecule has 4 heteroatoms. The lowest BCUT2D eigenvalue weighted by atomic mass is 10.1.